The number of rotatable bonds is 10. The summed E-state index contributed by atoms with van der Waals surface area (Å²) in [6.07, 6.45) is 8.46. The average molecular weight is 575 g/mol. The van der Waals surface area contributed by atoms with Gasteiger partial charge in [-0.15, -0.1) is 6.42 Å². The van der Waals surface area contributed by atoms with Gasteiger partial charge >= 0.3 is 11.9 Å². The molecular weight excluding hydrogens is 540 g/mol. The average Bonchev–Trinajstić information content (AvgIpc) is 3.03. The third kappa shape index (κ3) is 11.1. The number of carboxylic acid groups (broad SMARTS) is 1. The normalized spacial score (nSPS) is 9.70. The number of aliphatic carboxylic acids is 1. The van der Waals surface area contributed by atoms with Gasteiger partial charge in [-0.3, -0.25) is 0 Å². The van der Waals surface area contributed by atoms with Gasteiger partial charge in [-0.25, -0.2) is 9.59 Å². The fraction of sp³-hybridized carbons (Fsp3) is 0.189. The summed E-state index contributed by atoms with van der Waals surface area (Å²) < 4.78 is 16.5. The minimum atomic E-state index is -1.15. The number of ether oxygens (including phenoxy) is 3. The van der Waals surface area contributed by atoms with Crippen molar-refractivity contribution >= 4 is 11.9 Å². The van der Waals surface area contributed by atoms with E-state index in [9.17, 15) is 9.59 Å². The Kier molecular flexibility index (Phi) is 13.0. The first kappa shape index (κ1) is 32.1. The number of aryl methyl sites for hydroxylation is 2. The molecule has 0 radical (unpaired) electrons. The molecular formula is C37H34O6. The maximum Gasteiger partial charge on any atom is 0.389 e. The number of para-hydroxylation sites is 3. The predicted molar refractivity (Wildman–Crippen MR) is 167 cm³/mol. The van der Waals surface area contributed by atoms with Crippen LogP contribution in [0.2, 0.25) is 0 Å². The summed E-state index contributed by atoms with van der Waals surface area (Å²) in [7, 11) is 0. The molecule has 4 aromatic carbocycles. The molecule has 0 saturated carbocycles. The molecule has 4 aromatic rings. The zero-order valence-electron chi connectivity index (χ0n) is 24.3. The van der Waals surface area contributed by atoms with E-state index < -0.39 is 11.9 Å². The second-order valence-corrected chi connectivity index (χ2v) is 9.47. The molecule has 0 aromatic heterocycles. The summed E-state index contributed by atoms with van der Waals surface area (Å²) in [6.45, 7) is 4.94. The van der Waals surface area contributed by atoms with Crippen molar-refractivity contribution in [1.29, 1.82) is 0 Å². The van der Waals surface area contributed by atoms with Crippen molar-refractivity contribution in [2.24, 2.45) is 0 Å². The van der Waals surface area contributed by atoms with Gasteiger partial charge in [0.1, 0.15) is 19.0 Å². The summed E-state index contributed by atoms with van der Waals surface area (Å²) >= 11 is 0. The number of benzene rings is 4. The molecule has 6 nitrogen and oxygen atoms in total. The quantitative estimate of drug-likeness (QED) is 0.0937. The van der Waals surface area contributed by atoms with E-state index in [1.807, 2.05) is 55.3 Å². The summed E-state index contributed by atoms with van der Waals surface area (Å²) in [5.41, 5.74) is 4.98. The van der Waals surface area contributed by atoms with E-state index in [-0.39, 0.29) is 0 Å². The second kappa shape index (κ2) is 17.4. The molecule has 218 valence electrons. The Morgan fingerprint density at radius 3 is 2.07 bits per heavy atom. The molecule has 0 bridgehead atoms. The van der Waals surface area contributed by atoms with Gasteiger partial charge in [0.15, 0.2) is 11.5 Å². The molecule has 0 saturated heterocycles. The van der Waals surface area contributed by atoms with Gasteiger partial charge < -0.3 is 19.3 Å². The van der Waals surface area contributed by atoms with Crippen LogP contribution in [0.1, 0.15) is 47.6 Å². The van der Waals surface area contributed by atoms with Gasteiger partial charge in [0, 0.05) is 11.8 Å². The van der Waals surface area contributed by atoms with E-state index in [0.29, 0.717) is 36.0 Å². The molecule has 1 N–H and O–H groups in total. The third-order valence-electron chi connectivity index (χ3n) is 6.15. The molecule has 0 atom stereocenters. The summed E-state index contributed by atoms with van der Waals surface area (Å²) in [5.74, 6) is 6.24. The Hall–Kier alpha value is -5.46. The van der Waals surface area contributed by atoms with Crippen molar-refractivity contribution in [1.82, 2.24) is 0 Å². The van der Waals surface area contributed by atoms with Crippen LogP contribution in [0.3, 0.4) is 0 Å². The fourth-order valence-electron chi connectivity index (χ4n) is 3.92. The first-order valence-corrected chi connectivity index (χ1v) is 13.9. The van der Waals surface area contributed by atoms with Crippen molar-refractivity contribution in [2.45, 2.75) is 46.3 Å². The minimum absolute atomic E-state index is 0.321. The van der Waals surface area contributed by atoms with Crippen molar-refractivity contribution in [3.63, 3.8) is 0 Å². The molecule has 43 heavy (non-hydrogen) atoms. The minimum Gasteiger partial charge on any atom is -0.487 e. The smallest absolute Gasteiger partial charge is 0.389 e. The molecule has 0 spiro atoms. The number of unbranched alkanes of at least 4 members (excludes halogenated alkanes) is 1. The van der Waals surface area contributed by atoms with E-state index in [2.05, 4.69) is 43.0 Å². The number of hydrogen-bond donors (Lipinski definition) is 1. The lowest BCUT2D eigenvalue weighted by molar-refractivity contribution is -0.130. The predicted octanol–water partition coefficient (Wildman–Crippen LogP) is 7.16. The molecule has 0 aliphatic carbocycles. The zero-order valence-corrected chi connectivity index (χ0v) is 24.3. The van der Waals surface area contributed by atoms with Crippen LogP contribution in [-0.4, -0.2) is 17.0 Å². The Balaban J connectivity index is 0.000000242. The number of esters is 1. The maximum atomic E-state index is 11.1. The molecule has 0 fully saturated rings. The van der Waals surface area contributed by atoms with Gasteiger partial charge in [-0.1, -0.05) is 98.1 Å². The topological polar surface area (TPSA) is 82.1 Å². The van der Waals surface area contributed by atoms with E-state index in [1.165, 1.54) is 18.4 Å². The molecule has 4 rings (SSSR count). The van der Waals surface area contributed by atoms with Gasteiger partial charge in [-0.05, 0) is 60.2 Å². The number of carbonyl (C=O) groups excluding carboxylic acids is 1. The first-order valence-electron chi connectivity index (χ1n) is 13.9. The van der Waals surface area contributed by atoms with Crippen LogP contribution in [0, 0.1) is 31.1 Å². The Morgan fingerprint density at radius 2 is 1.40 bits per heavy atom. The van der Waals surface area contributed by atoms with Gasteiger partial charge in [0.25, 0.3) is 0 Å². The third-order valence-corrected chi connectivity index (χ3v) is 6.15. The lowest BCUT2D eigenvalue weighted by Crippen LogP contribution is -2.06. The standard InChI is InChI=1S/C21H22O3.C16H12O3/c1-3-4-7-17-9-11-18(12-10-17)15-24-21-16(2)6-5-8-19(21)13-14-20(22)23;1-2-16(17)19-15-11-7-6-10-14(15)18-12-13-8-4-3-5-9-13/h5-6,8-12H,3-4,7,15H2,1-2H3,(H,22,23);1,3-11H,12H2. The first-order chi connectivity index (χ1) is 20.9. The SMILES string of the molecule is C#CC(=O)Oc1ccccc1OCc1ccccc1.CCCCc1ccc(COc2c(C)cccc2C#CC(=O)O)cc1. The van der Waals surface area contributed by atoms with Crippen LogP contribution in [0.25, 0.3) is 0 Å². The van der Waals surface area contributed by atoms with Gasteiger partial charge in [0.2, 0.25) is 0 Å². The lowest BCUT2D eigenvalue weighted by Gasteiger charge is -2.11. The van der Waals surface area contributed by atoms with Crippen LogP contribution in [0.5, 0.6) is 17.2 Å². The Morgan fingerprint density at radius 1 is 0.767 bits per heavy atom. The van der Waals surface area contributed by atoms with Crippen LogP contribution in [-0.2, 0) is 29.2 Å². The molecule has 6 heteroatoms. The highest BCUT2D eigenvalue weighted by molar-refractivity contribution is 5.89. The van der Waals surface area contributed by atoms with E-state index in [1.54, 1.807) is 30.3 Å². The van der Waals surface area contributed by atoms with Crippen LogP contribution < -0.4 is 14.2 Å². The van der Waals surface area contributed by atoms with Gasteiger partial charge in [0.05, 0.1) is 5.56 Å². The Labute approximate surface area is 253 Å². The van der Waals surface area contributed by atoms with E-state index >= 15 is 0 Å². The van der Waals surface area contributed by atoms with E-state index in [4.69, 9.17) is 25.7 Å². The van der Waals surface area contributed by atoms with Crippen molar-refractivity contribution in [2.75, 3.05) is 0 Å². The lowest BCUT2D eigenvalue weighted by atomic mass is 10.1. The molecule has 0 unspecified atom stereocenters. The van der Waals surface area contributed by atoms with E-state index in [0.717, 1.165) is 23.1 Å². The molecule has 0 aliphatic heterocycles. The van der Waals surface area contributed by atoms with Crippen LogP contribution in [0.4, 0.5) is 0 Å². The number of carbonyl (C=O) groups is 2. The number of carboxylic acids is 1. The molecule has 0 aliphatic rings. The molecule has 0 amide bonds. The maximum absolute atomic E-state index is 11.1. The largest absolute Gasteiger partial charge is 0.487 e. The van der Waals surface area contributed by atoms with Crippen LogP contribution in [0.15, 0.2) is 97.1 Å². The van der Waals surface area contributed by atoms with Crippen molar-refractivity contribution < 1.29 is 28.9 Å². The van der Waals surface area contributed by atoms with Gasteiger partial charge in [-0.2, -0.15) is 0 Å². The highest BCUT2D eigenvalue weighted by atomic mass is 16.6. The highest BCUT2D eigenvalue weighted by Gasteiger charge is 2.08. The fourth-order valence-corrected chi connectivity index (χ4v) is 3.92. The summed E-state index contributed by atoms with van der Waals surface area (Å²) in [6, 6.07) is 30.6. The Bertz CT molecular complexity index is 1590. The highest BCUT2D eigenvalue weighted by Crippen LogP contribution is 2.27. The summed E-state index contributed by atoms with van der Waals surface area (Å²) in [4.78, 5) is 21.7. The monoisotopic (exact) mass is 574 g/mol. The van der Waals surface area contributed by atoms with Crippen molar-refractivity contribution in [3.05, 3.63) is 125 Å². The number of terminal acetylenes is 1. The second-order valence-electron chi connectivity index (χ2n) is 9.47. The molecule has 0 heterocycles. The number of hydrogen-bond acceptors (Lipinski definition) is 5. The van der Waals surface area contributed by atoms with Crippen LogP contribution >= 0.6 is 0 Å². The summed E-state index contributed by atoms with van der Waals surface area (Å²) in [5, 5.41) is 8.72. The zero-order chi connectivity index (χ0) is 30.9. The van der Waals surface area contributed by atoms with Crippen molar-refractivity contribution in [3.8, 4) is 41.4 Å².